The molecule has 3 rings (SSSR count). The number of anilines is 1. The number of imide groups is 1. The number of urea groups is 1. The zero-order valence-electron chi connectivity index (χ0n) is 15.2. The summed E-state index contributed by atoms with van der Waals surface area (Å²) < 4.78 is 79.1. The summed E-state index contributed by atoms with van der Waals surface area (Å²) >= 11 is 0. The molecule has 0 aliphatic heterocycles. The van der Waals surface area contributed by atoms with Gasteiger partial charge in [0.1, 0.15) is 0 Å². The summed E-state index contributed by atoms with van der Waals surface area (Å²) in [4.78, 5) is 24.2. The molecule has 0 aliphatic carbocycles. The Morgan fingerprint density at radius 1 is 0.867 bits per heavy atom. The van der Waals surface area contributed by atoms with E-state index in [0.717, 1.165) is 5.39 Å². The Bertz CT molecular complexity index is 1100. The molecule has 0 radical (unpaired) electrons. The quantitative estimate of drug-likeness (QED) is 0.552. The number of benzene rings is 2. The molecule has 3 amide bonds. The van der Waals surface area contributed by atoms with Crippen molar-refractivity contribution in [3.05, 3.63) is 65.4 Å². The summed E-state index contributed by atoms with van der Waals surface area (Å²) in [6, 6.07) is 5.69. The highest BCUT2D eigenvalue weighted by molar-refractivity contribution is 6.09. The summed E-state index contributed by atoms with van der Waals surface area (Å²) in [7, 11) is 1.74. The number of carbonyl (C=O) groups excluding carboxylic acids is 2. The number of aromatic nitrogens is 1. The number of amides is 3. The lowest BCUT2D eigenvalue weighted by atomic mass is 10.1. The number of nitrogens with zero attached hydrogens (tertiary/aromatic N) is 1. The van der Waals surface area contributed by atoms with Crippen LogP contribution in [0.5, 0.6) is 0 Å². The monoisotopic (exact) mass is 429 g/mol. The van der Waals surface area contributed by atoms with Crippen LogP contribution in [0.15, 0.2) is 48.7 Å². The van der Waals surface area contributed by atoms with E-state index >= 15 is 0 Å². The Balaban J connectivity index is 1.80. The van der Waals surface area contributed by atoms with Gasteiger partial charge in [0.05, 0.1) is 11.1 Å². The van der Waals surface area contributed by atoms with Crippen LogP contribution >= 0.6 is 0 Å². The summed E-state index contributed by atoms with van der Waals surface area (Å²) in [6.07, 6.45) is -8.37. The molecule has 3 aromatic rings. The zero-order chi connectivity index (χ0) is 22.3. The molecule has 0 saturated heterocycles. The second-order valence-corrected chi connectivity index (χ2v) is 6.40. The van der Waals surface area contributed by atoms with Crippen LogP contribution in [0.2, 0.25) is 0 Å². The molecule has 158 valence electrons. The van der Waals surface area contributed by atoms with E-state index in [0.29, 0.717) is 17.6 Å². The molecule has 0 spiro atoms. The highest BCUT2D eigenvalue weighted by atomic mass is 19.4. The molecule has 0 aliphatic rings. The number of carbonyl (C=O) groups is 2. The highest BCUT2D eigenvalue weighted by Gasteiger charge is 2.37. The van der Waals surface area contributed by atoms with Gasteiger partial charge in [-0.1, -0.05) is 6.07 Å². The van der Waals surface area contributed by atoms with E-state index in [1.807, 2.05) is 10.6 Å². The topological polar surface area (TPSA) is 63.1 Å². The number of rotatable bonds is 2. The average molecular weight is 429 g/mol. The van der Waals surface area contributed by atoms with Gasteiger partial charge < -0.3 is 9.88 Å². The van der Waals surface area contributed by atoms with Crippen molar-refractivity contribution in [2.24, 2.45) is 7.05 Å². The summed E-state index contributed by atoms with van der Waals surface area (Å²) in [5.74, 6) is -0.876. The van der Waals surface area contributed by atoms with E-state index in [4.69, 9.17) is 0 Å². The van der Waals surface area contributed by atoms with Crippen LogP contribution in [0.3, 0.4) is 0 Å². The Hall–Kier alpha value is -3.50. The number of hydrogen-bond acceptors (Lipinski definition) is 2. The molecule has 0 bridgehead atoms. The van der Waals surface area contributed by atoms with E-state index in [1.54, 1.807) is 29.9 Å². The maximum atomic E-state index is 12.9. The number of fused-ring (bicyclic) bond motifs is 1. The van der Waals surface area contributed by atoms with E-state index < -0.39 is 41.1 Å². The van der Waals surface area contributed by atoms with Gasteiger partial charge in [-0.25, -0.2) is 4.79 Å². The lowest BCUT2D eigenvalue weighted by molar-refractivity contribution is -0.143. The van der Waals surface area contributed by atoms with Crippen molar-refractivity contribution < 1.29 is 35.9 Å². The fourth-order valence-electron chi connectivity index (χ4n) is 2.77. The van der Waals surface area contributed by atoms with Crippen LogP contribution in [-0.4, -0.2) is 16.5 Å². The van der Waals surface area contributed by atoms with Gasteiger partial charge in [-0.3, -0.25) is 10.1 Å². The smallest absolute Gasteiger partial charge is 0.351 e. The molecule has 0 fully saturated rings. The van der Waals surface area contributed by atoms with E-state index in [-0.39, 0.29) is 11.6 Å². The Labute approximate surface area is 165 Å². The number of halogens is 6. The molecule has 2 aromatic carbocycles. The predicted molar refractivity (Wildman–Crippen MR) is 95.8 cm³/mol. The molecule has 5 nitrogen and oxygen atoms in total. The minimum atomic E-state index is -5.06. The molecule has 0 unspecified atom stereocenters. The first-order valence-corrected chi connectivity index (χ1v) is 8.31. The average Bonchev–Trinajstić information content (AvgIpc) is 3.00. The molecule has 1 aromatic heterocycles. The number of nitrogens with one attached hydrogen (secondary N) is 2. The van der Waals surface area contributed by atoms with Crippen molar-refractivity contribution in [3.63, 3.8) is 0 Å². The first kappa shape index (κ1) is 21.2. The molecule has 30 heavy (non-hydrogen) atoms. The highest BCUT2D eigenvalue weighted by Crippen LogP contribution is 2.37. The minimum Gasteiger partial charge on any atom is -0.351 e. The molecular weight excluding hydrogens is 416 g/mol. The molecular formula is C19H13F6N3O2. The van der Waals surface area contributed by atoms with Crippen molar-refractivity contribution >= 4 is 28.5 Å². The fraction of sp³-hybridized carbons (Fsp3) is 0.158. The van der Waals surface area contributed by atoms with Crippen molar-refractivity contribution in [2.75, 3.05) is 5.32 Å². The summed E-state index contributed by atoms with van der Waals surface area (Å²) in [5, 5.41) is 4.55. The normalized spacial score (nSPS) is 12.1. The van der Waals surface area contributed by atoms with Gasteiger partial charge in [0.15, 0.2) is 0 Å². The van der Waals surface area contributed by atoms with E-state index in [2.05, 4.69) is 0 Å². The number of alkyl halides is 6. The zero-order valence-corrected chi connectivity index (χ0v) is 15.2. The lowest BCUT2D eigenvalue weighted by Gasteiger charge is -2.15. The van der Waals surface area contributed by atoms with Crippen LogP contribution in [0, 0.1) is 0 Å². The van der Waals surface area contributed by atoms with Gasteiger partial charge in [-0.05, 0) is 41.8 Å². The molecule has 11 heteroatoms. The Kier molecular flexibility index (Phi) is 5.23. The van der Waals surface area contributed by atoms with Crippen LogP contribution in [0.1, 0.15) is 21.5 Å². The van der Waals surface area contributed by atoms with Gasteiger partial charge in [0, 0.05) is 30.0 Å². The van der Waals surface area contributed by atoms with Crippen molar-refractivity contribution in [2.45, 2.75) is 12.4 Å². The maximum Gasteiger partial charge on any atom is 0.416 e. The lowest BCUT2D eigenvalue weighted by Crippen LogP contribution is -2.34. The van der Waals surface area contributed by atoms with Crippen LogP contribution < -0.4 is 10.6 Å². The van der Waals surface area contributed by atoms with Gasteiger partial charge in [-0.2, -0.15) is 26.3 Å². The maximum absolute atomic E-state index is 12.9. The third kappa shape index (κ3) is 4.56. The molecule has 1 heterocycles. The van der Waals surface area contributed by atoms with E-state index in [9.17, 15) is 35.9 Å². The third-order valence-electron chi connectivity index (χ3n) is 4.22. The number of aryl methyl sites for hydroxylation is 1. The SMILES string of the molecule is Cn1ccc2ccc(C(=O)NC(=O)Nc3cc(C(F)(F)F)cc(C(F)(F)F)c3)cc21. The standard InChI is InChI=1S/C19H13F6N3O2/c1-28-5-4-10-2-3-11(6-15(10)28)16(29)27-17(30)26-14-8-12(18(20,21)22)7-13(9-14)19(23,24)25/h2-9H,1H3,(H2,26,27,29,30). The number of hydrogen-bond donors (Lipinski definition) is 2. The third-order valence-corrected chi connectivity index (χ3v) is 4.22. The van der Waals surface area contributed by atoms with Crippen LogP contribution in [0.25, 0.3) is 10.9 Å². The van der Waals surface area contributed by atoms with Crippen LogP contribution in [-0.2, 0) is 19.4 Å². The second kappa shape index (κ2) is 7.39. The van der Waals surface area contributed by atoms with Gasteiger partial charge >= 0.3 is 18.4 Å². The Morgan fingerprint density at radius 3 is 2.03 bits per heavy atom. The van der Waals surface area contributed by atoms with Crippen LogP contribution in [0.4, 0.5) is 36.8 Å². The first-order valence-electron chi connectivity index (χ1n) is 8.31. The van der Waals surface area contributed by atoms with Crippen molar-refractivity contribution in [1.29, 1.82) is 0 Å². The second-order valence-electron chi connectivity index (χ2n) is 6.40. The van der Waals surface area contributed by atoms with Crippen molar-refractivity contribution in [3.8, 4) is 0 Å². The van der Waals surface area contributed by atoms with E-state index in [1.165, 1.54) is 12.1 Å². The molecule has 2 N–H and O–H groups in total. The van der Waals surface area contributed by atoms with Crippen molar-refractivity contribution in [1.82, 2.24) is 9.88 Å². The summed E-state index contributed by atoms with van der Waals surface area (Å²) in [6.45, 7) is 0. The van der Waals surface area contributed by atoms with Gasteiger partial charge in [0.2, 0.25) is 0 Å². The summed E-state index contributed by atoms with van der Waals surface area (Å²) in [5.41, 5.74) is -3.17. The van der Waals surface area contributed by atoms with Gasteiger partial charge in [-0.15, -0.1) is 0 Å². The molecule has 0 saturated carbocycles. The predicted octanol–water partition coefficient (Wildman–Crippen LogP) is 5.18. The Morgan fingerprint density at radius 2 is 1.47 bits per heavy atom. The first-order chi connectivity index (χ1) is 13.8. The largest absolute Gasteiger partial charge is 0.416 e. The minimum absolute atomic E-state index is 0.0662. The molecule has 0 atom stereocenters. The fourth-order valence-corrected chi connectivity index (χ4v) is 2.77. The van der Waals surface area contributed by atoms with Gasteiger partial charge in [0.25, 0.3) is 5.91 Å².